The van der Waals surface area contributed by atoms with E-state index in [1.807, 2.05) is 0 Å². The summed E-state index contributed by atoms with van der Waals surface area (Å²) in [4.78, 5) is 24.7. The Balaban J connectivity index is 2.46. The first kappa shape index (κ1) is 15.0. The first-order valence-corrected chi connectivity index (χ1v) is 6.15. The minimum atomic E-state index is -1.29. The predicted molar refractivity (Wildman–Crippen MR) is 74.4 cm³/mol. The number of pyridine rings is 1. The monoisotopic (exact) mass is 328 g/mol. The number of carboxylic acid groups (broad SMARTS) is 1. The molecule has 0 unspecified atom stereocenters. The summed E-state index contributed by atoms with van der Waals surface area (Å²) in [6.45, 7) is 0. The Morgan fingerprint density at radius 3 is 2.48 bits per heavy atom. The number of nitro benzene ring substituents is 1. The maximum absolute atomic E-state index is 11.0. The number of hydrogen-bond donors (Lipinski definition) is 1. The molecule has 0 amide bonds. The second kappa shape index (κ2) is 5.94. The molecule has 21 heavy (non-hydrogen) atoms. The van der Waals surface area contributed by atoms with Crippen LogP contribution in [0.1, 0.15) is 10.5 Å². The van der Waals surface area contributed by atoms with E-state index in [4.69, 9.17) is 33.0 Å². The molecule has 108 valence electrons. The Labute approximate surface area is 127 Å². The fourth-order valence-electron chi connectivity index (χ4n) is 1.49. The van der Waals surface area contributed by atoms with E-state index in [1.54, 1.807) is 0 Å². The number of nitrogens with zero attached hydrogens (tertiary/aromatic N) is 2. The summed E-state index contributed by atoms with van der Waals surface area (Å²) in [6, 6.07) is 4.94. The van der Waals surface area contributed by atoms with E-state index in [9.17, 15) is 14.9 Å². The van der Waals surface area contributed by atoms with Crippen LogP contribution in [0, 0.1) is 10.1 Å². The number of ether oxygens (including phenoxy) is 1. The van der Waals surface area contributed by atoms with Crippen LogP contribution >= 0.6 is 23.2 Å². The Bertz CT molecular complexity index is 712. The van der Waals surface area contributed by atoms with E-state index in [-0.39, 0.29) is 32.9 Å². The fraction of sp³-hybridized carbons (Fsp3) is 0. The van der Waals surface area contributed by atoms with Crippen molar-refractivity contribution in [2.24, 2.45) is 0 Å². The Kier molecular flexibility index (Phi) is 4.25. The Morgan fingerprint density at radius 1 is 1.33 bits per heavy atom. The highest BCUT2D eigenvalue weighted by Crippen LogP contribution is 2.39. The number of benzene rings is 1. The normalized spacial score (nSPS) is 10.2. The number of rotatable bonds is 4. The van der Waals surface area contributed by atoms with Crippen LogP contribution in [0.25, 0.3) is 0 Å². The highest BCUT2D eigenvalue weighted by atomic mass is 35.5. The van der Waals surface area contributed by atoms with Gasteiger partial charge in [0, 0.05) is 18.3 Å². The average Bonchev–Trinajstić information content (AvgIpc) is 2.42. The molecule has 7 nitrogen and oxygen atoms in total. The van der Waals surface area contributed by atoms with E-state index >= 15 is 0 Å². The van der Waals surface area contributed by atoms with Gasteiger partial charge < -0.3 is 9.84 Å². The molecule has 1 aromatic heterocycles. The average molecular weight is 329 g/mol. The molecule has 0 radical (unpaired) electrons. The maximum atomic E-state index is 11.0. The summed E-state index contributed by atoms with van der Waals surface area (Å²) < 4.78 is 5.34. The molecule has 0 aliphatic carbocycles. The summed E-state index contributed by atoms with van der Waals surface area (Å²) in [5.74, 6) is -1.46. The van der Waals surface area contributed by atoms with Crippen LogP contribution in [-0.2, 0) is 0 Å². The molecule has 1 heterocycles. The molecule has 2 aromatic rings. The maximum Gasteiger partial charge on any atom is 0.358 e. The largest absolute Gasteiger partial charge is 0.476 e. The topological polar surface area (TPSA) is 103 Å². The van der Waals surface area contributed by atoms with Crippen molar-refractivity contribution in [3.8, 4) is 11.5 Å². The fourth-order valence-corrected chi connectivity index (χ4v) is 2.05. The molecule has 9 heteroatoms. The highest BCUT2D eigenvalue weighted by Gasteiger charge is 2.19. The molecular formula is C12H6Cl2N2O5. The van der Waals surface area contributed by atoms with E-state index in [0.717, 1.165) is 12.1 Å². The molecule has 0 fully saturated rings. The second-order valence-electron chi connectivity index (χ2n) is 3.75. The number of non-ortho nitro benzene ring substituents is 1. The van der Waals surface area contributed by atoms with E-state index in [1.165, 1.54) is 18.3 Å². The summed E-state index contributed by atoms with van der Waals surface area (Å²) in [6.07, 6.45) is 1.29. The summed E-state index contributed by atoms with van der Waals surface area (Å²) in [5, 5.41) is 19.4. The quantitative estimate of drug-likeness (QED) is 0.676. The van der Waals surface area contributed by atoms with Gasteiger partial charge in [0.25, 0.3) is 5.69 Å². The van der Waals surface area contributed by atoms with Crippen molar-refractivity contribution in [2.45, 2.75) is 0 Å². The molecule has 0 aliphatic heterocycles. The standard InChI is InChI=1S/C12H6Cl2N2O5/c13-7-4-6(16(19)20)5-8(14)11(7)21-9-2-1-3-15-10(9)12(17)18/h1-5H,(H,17,18). The van der Waals surface area contributed by atoms with Gasteiger partial charge in [0.2, 0.25) is 0 Å². The lowest BCUT2D eigenvalue weighted by molar-refractivity contribution is -0.384. The van der Waals surface area contributed by atoms with Crippen molar-refractivity contribution in [3.63, 3.8) is 0 Å². The number of aromatic nitrogens is 1. The minimum absolute atomic E-state index is 0.0809. The second-order valence-corrected chi connectivity index (χ2v) is 4.57. The molecule has 0 aliphatic rings. The first-order valence-electron chi connectivity index (χ1n) is 5.39. The van der Waals surface area contributed by atoms with Crippen LogP contribution in [0.4, 0.5) is 5.69 Å². The summed E-state index contributed by atoms with van der Waals surface area (Å²) in [5.41, 5.74) is -0.634. The zero-order valence-corrected chi connectivity index (χ0v) is 11.6. The van der Waals surface area contributed by atoms with Gasteiger partial charge in [0.1, 0.15) is 0 Å². The third kappa shape index (κ3) is 3.21. The molecule has 1 aromatic carbocycles. The van der Waals surface area contributed by atoms with Crippen molar-refractivity contribution in [2.75, 3.05) is 0 Å². The van der Waals surface area contributed by atoms with Crippen molar-refractivity contribution >= 4 is 34.9 Å². The lowest BCUT2D eigenvalue weighted by Gasteiger charge is -2.10. The molecule has 1 N–H and O–H groups in total. The van der Waals surface area contributed by atoms with Crippen LogP contribution in [0.2, 0.25) is 10.0 Å². The van der Waals surface area contributed by atoms with Crippen molar-refractivity contribution in [1.29, 1.82) is 0 Å². The van der Waals surface area contributed by atoms with E-state index in [2.05, 4.69) is 4.98 Å². The number of hydrogen-bond acceptors (Lipinski definition) is 5. The summed E-state index contributed by atoms with van der Waals surface area (Å²) >= 11 is 11.8. The van der Waals surface area contributed by atoms with Crippen LogP contribution < -0.4 is 4.74 Å². The molecule has 0 spiro atoms. The van der Waals surface area contributed by atoms with E-state index < -0.39 is 10.9 Å². The lowest BCUT2D eigenvalue weighted by Crippen LogP contribution is -2.03. The number of carboxylic acids is 1. The van der Waals surface area contributed by atoms with E-state index in [0.29, 0.717) is 0 Å². The third-order valence-corrected chi connectivity index (χ3v) is 2.94. The number of aromatic carboxylic acids is 1. The van der Waals surface area contributed by atoms with Crippen molar-refractivity contribution in [3.05, 3.63) is 56.3 Å². The van der Waals surface area contributed by atoms with Crippen LogP contribution in [-0.4, -0.2) is 21.0 Å². The molecular weight excluding hydrogens is 323 g/mol. The molecule has 0 saturated carbocycles. The van der Waals surface area contributed by atoms with Crippen LogP contribution in [0.15, 0.2) is 30.5 Å². The summed E-state index contributed by atoms with van der Waals surface area (Å²) in [7, 11) is 0. The minimum Gasteiger partial charge on any atom is -0.476 e. The highest BCUT2D eigenvalue weighted by molar-refractivity contribution is 6.37. The van der Waals surface area contributed by atoms with Gasteiger partial charge in [0.05, 0.1) is 15.0 Å². The number of nitro groups is 1. The van der Waals surface area contributed by atoms with Gasteiger partial charge in [-0.25, -0.2) is 9.78 Å². The molecule has 0 bridgehead atoms. The Morgan fingerprint density at radius 2 is 1.95 bits per heavy atom. The van der Waals surface area contributed by atoms with Crippen molar-refractivity contribution in [1.82, 2.24) is 4.98 Å². The number of halogens is 2. The van der Waals surface area contributed by atoms with Crippen LogP contribution in [0.3, 0.4) is 0 Å². The number of carbonyl (C=O) groups is 1. The Hall–Kier alpha value is -2.38. The zero-order chi connectivity index (χ0) is 15.6. The smallest absolute Gasteiger partial charge is 0.358 e. The van der Waals surface area contributed by atoms with Gasteiger partial charge >= 0.3 is 5.97 Å². The van der Waals surface area contributed by atoms with Gasteiger partial charge in [0.15, 0.2) is 17.2 Å². The van der Waals surface area contributed by atoms with Gasteiger partial charge in [-0.1, -0.05) is 23.2 Å². The van der Waals surface area contributed by atoms with Gasteiger partial charge in [-0.15, -0.1) is 0 Å². The van der Waals surface area contributed by atoms with Crippen molar-refractivity contribution < 1.29 is 19.6 Å². The molecule has 0 atom stereocenters. The van der Waals surface area contributed by atoms with Gasteiger partial charge in [-0.3, -0.25) is 10.1 Å². The SMILES string of the molecule is O=C(O)c1ncccc1Oc1c(Cl)cc([N+](=O)[O-])cc1Cl. The van der Waals surface area contributed by atoms with Crippen LogP contribution in [0.5, 0.6) is 11.5 Å². The molecule has 2 rings (SSSR count). The first-order chi connectivity index (χ1) is 9.90. The lowest BCUT2D eigenvalue weighted by atomic mass is 10.3. The molecule has 0 saturated heterocycles. The third-order valence-electron chi connectivity index (χ3n) is 2.38. The predicted octanol–water partition coefficient (Wildman–Crippen LogP) is 3.79. The van der Waals surface area contributed by atoms with Gasteiger partial charge in [-0.2, -0.15) is 0 Å². The zero-order valence-electron chi connectivity index (χ0n) is 10.1. The van der Waals surface area contributed by atoms with Gasteiger partial charge in [-0.05, 0) is 12.1 Å².